The second kappa shape index (κ2) is 8.05. The van der Waals surface area contributed by atoms with Crippen LogP contribution in [0.25, 0.3) is 0 Å². The van der Waals surface area contributed by atoms with E-state index in [1.165, 1.54) is 10.7 Å². The third-order valence-electron chi connectivity index (χ3n) is 4.05. The van der Waals surface area contributed by atoms with Gasteiger partial charge in [0.25, 0.3) is 11.8 Å². The van der Waals surface area contributed by atoms with Crippen molar-refractivity contribution in [2.45, 2.75) is 13.5 Å². The van der Waals surface area contributed by atoms with E-state index in [1.54, 1.807) is 31.3 Å². The van der Waals surface area contributed by atoms with Crippen molar-refractivity contribution in [1.29, 1.82) is 0 Å². The van der Waals surface area contributed by atoms with E-state index in [1.807, 2.05) is 31.2 Å². The highest BCUT2D eigenvalue weighted by atomic mass is 35.5. The number of hydrogen-bond donors (Lipinski definition) is 2. The molecule has 1 aromatic heterocycles. The van der Waals surface area contributed by atoms with E-state index < -0.39 is 0 Å². The average Bonchev–Trinajstić information content (AvgIpc) is 3.02. The van der Waals surface area contributed by atoms with Gasteiger partial charge in [0.05, 0.1) is 10.6 Å². The van der Waals surface area contributed by atoms with E-state index in [2.05, 4.69) is 15.7 Å². The van der Waals surface area contributed by atoms with Crippen LogP contribution in [-0.4, -0.2) is 21.6 Å². The smallest absolute Gasteiger partial charge is 0.272 e. The normalized spacial score (nSPS) is 10.5. The Morgan fingerprint density at radius 2 is 1.78 bits per heavy atom. The van der Waals surface area contributed by atoms with Crippen LogP contribution in [0.4, 0.5) is 5.82 Å². The maximum Gasteiger partial charge on any atom is 0.272 e. The van der Waals surface area contributed by atoms with Gasteiger partial charge in [0.15, 0.2) is 5.69 Å². The van der Waals surface area contributed by atoms with Gasteiger partial charge in [0.2, 0.25) is 0 Å². The van der Waals surface area contributed by atoms with Gasteiger partial charge >= 0.3 is 0 Å². The topological polar surface area (TPSA) is 76.0 Å². The zero-order chi connectivity index (χ0) is 19.4. The molecule has 2 amide bonds. The van der Waals surface area contributed by atoms with Crippen molar-refractivity contribution in [2.75, 3.05) is 5.32 Å². The van der Waals surface area contributed by atoms with Gasteiger partial charge in [0, 0.05) is 19.7 Å². The fourth-order valence-corrected chi connectivity index (χ4v) is 2.72. The largest absolute Gasteiger partial charge is 0.347 e. The summed E-state index contributed by atoms with van der Waals surface area (Å²) in [7, 11) is 1.65. The summed E-state index contributed by atoms with van der Waals surface area (Å²) >= 11 is 6.04. The molecule has 0 saturated carbocycles. The number of nitrogens with one attached hydrogen (secondary N) is 2. The molecule has 0 spiro atoms. The van der Waals surface area contributed by atoms with E-state index in [4.69, 9.17) is 11.6 Å². The number of amides is 2. The molecule has 6 nitrogen and oxygen atoms in total. The van der Waals surface area contributed by atoms with Gasteiger partial charge in [-0.2, -0.15) is 5.10 Å². The lowest BCUT2D eigenvalue weighted by atomic mass is 10.1. The molecule has 0 radical (unpaired) electrons. The third kappa shape index (κ3) is 4.54. The van der Waals surface area contributed by atoms with Gasteiger partial charge < -0.3 is 10.6 Å². The van der Waals surface area contributed by atoms with E-state index in [-0.39, 0.29) is 17.5 Å². The summed E-state index contributed by atoms with van der Waals surface area (Å²) in [5.74, 6) is -0.278. The average molecular weight is 383 g/mol. The van der Waals surface area contributed by atoms with Gasteiger partial charge in [-0.1, -0.05) is 53.6 Å². The van der Waals surface area contributed by atoms with Crippen molar-refractivity contribution in [3.63, 3.8) is 0 Å². The molecule has 0 aliphatic rings. The van der Waals surface area contributed by atoms with Gasteiger partial charge in [-0.05, 0) is 24.6 Å². The molecule has 0 bridgehead atoms. The number of rotatable bonds is 5. The minimum absolute atomic E-state index is 0.221. The Labute approximate surface area is 162 Å². The summed E-state index contributed by atoms with van der Waals surface area (Å²) in [5, 5.41) is 10.1. The standard InChI is InChI=1S/C20H19ClN4O2/c1-13-7-9-14(10-8-13)12-22-20(27)17-11-18(25(2)24-17)23-19(26)15-5-3-4-6-16(15)21/h3-11H,12H2,1-2H3,(H,22,27)(H,23,26). The minimum atomic E-state index is -0.366. The highest BCUT2D eigenvalue weighted by Gasteiger charge is 2.16. The Hall–Kier alpha value is -3.12. The SMILES string of the molecule is Cc1ccc(CNC(=O)c2cc(NC(=O)c3ccccc3Cl)n(C)n2)cc1. The molecule has 3 rings (SSSR count). The molecule has 27 heavy (non-hydrogen) atoms. The van der Waals surface area contributed by atoms with Gasteiger partial charge in [-0.25, -0.2) is 0 Å². The molecule has 0 atom stereocenters. The van der Waals surface area contributed by atoms with Crippen molar-refractivity contribution in [2.24, 2.45) is 7.05 Å². The molecule has 0 unspecified atom stereocenters. The van der Waals surface area contributed by atoms with E-state index in [0.29, 0.717) is 22.9 Å². The second-order valence-electron chi connectivity index (χ2n) is 6.14. The predicted molar refractivity (Wildman–Crippen MR) is 105 cm³/mol. The molecule has 0 aliphatic heterocycles. The molecule has 0 saturated heterocycles. The Kier molecular flexibility index (Phi) is 5.57. The number of aromatic nitrogens is 2. The minimum Gasteiger partial charge on any atom is -0.347 e. The van der Waals surface area contributed by atoms with Crippen molar-refractivity contribution < 1.29 is 9.59 Å². The summed E-state index contributed by atoms with van der Waals surface area (Å²) < 4.78 is 1.44. The van der Waals surface area contributed by atoms with Crippen LogP contribution in [0.3, 0.4) is 0 Å². The number of carbonyl (C=O) groups is 2. The summed E-state index contributed by atoms with van der Waals surface area (Å²) in [6, 6.07) is 16.2. The first-order chi connectivity index (χ1) is 12.9. The number of nitrogens with zero attached hydrogens (tertiary/aromatic N) is 2. The van der Waals surface area contributed by atoms with Crippen LogP contribution in [0.5, 0.6) is 0 Å². The second-order valence-corrected chi connectivity index (χ2v) is 6.55. The number of halogens is 1. The molecular formula is C20H19ClN4O2. The summed E-state index contributed by atoms with van der Waals surface area (Å²) in [6.45, 7) is 2.41. The van der Waals surface area contributed by atoms with Gasteiger partial charge in [-0.3, -0.25) is 14.3 Å². The van der Waals surface area contributed by atoms with Crippen molar-refractivity contribution in [3.05, 3.63) is 82.0 Å². The van der Waals surface area contributed by atoms with Crippen molar-refractivity contribution in [3.8, 4) is 0 Å². The highest BCUT2D eigenvalue weighted by Crippen LogP contribution is 2.17. The Bertz CT molecular complexity index is 980. The zero-order valence-electron chi connectivity index (χ0n) is 15.0. The highest BCUT2D eigenvalue weighted by molar-refractivity contribution is 6.34. The van der Waals surface area contributed by atoms with Crippen LogP contribution in [0.1, 0.15) is 32.0 Å². The first-order valence-corrected chi connectivity index (χ1v) is 8.75. The number of aryl methyl sites for hydroxylation is 2. The summed E-state index contributed by atoms with van der Waals surface area (Å²) in [4.78, 5) is 24.7. The van der Waals surface area contributed by atoms with Crippen LogP contribution in [0.2, 0.25) is 5.02 Å². The summed E-state index contributed by atoms with van der Waals surface area (Å²) in [5.41, 5.74) is 2.73. The number of benzene rings is 2. The molecule has 0 fully saturated rings. The van der Waals surface area contributed by atoms with Crippen molar-refractivity contribution in [1.82, 2.24) is 15.1 Å². The maximum atomic E-state index is 12.4. The molecule has 2 N–H and O–H groups in total. The van der Waals surface area contributed by atoms with E-state index in [0.717, 1.165) is 11.1 Å². The molecule has 1 heterocycles. The monoisotopic (exact) mass is 382 g/mol. The lowest BCUT2D eigenvalue weighted by molar-refractivity contribution is 0.0944. The third-order valence-corrected chi connectivity index (χ3v) is 4.38. The molecular weight excluding hydrogens is 364 g/mol. The Morgan fingerprint density at radius 1 is 1.07 bits per heavy atom. The molecule has 3 aromatic rings. The number of carbonyl (C=O) groups excluding carboxylic acids is 2. The lowest BCUT2D eigenvalue weighted by Gasteiger charge is -2.06. The van der Waals surface area contributed by atoms with Crippen LogP contribution < -0.4 is 10.6 Å². The number of anilines is 1. The lowest BCUT2D eigenvalue weighted by Crippen LogP contribution is -2.23. The fraction of sp³-hybridized carbons (Fsp3) is 0.150. The maximum absolute atomic E-state index is 12.4. The van der Waals surface area contributed by atoms with Crippen LogP contribution in [-0.2, 0) is 13.6 Å². The van der Waals surface area contributed by atoms with Crippen LogP contribution >= 0.6 is 11.6 Å². The van der Waals surface area contributed by atoms with Crippen LogP contribution in [0.15, 0.2) is 54.6 Å². The zero-order valence-corrected chi connectivity index (χ0v) is 15.7. The van der Waals surface area contributed by atoms with Gasteiger partial charge in [-0.15, -0.1) is 0 Å². The molecule has 2 aromatic carbocycles. The predicted octanol–water partition coefficient (Wildman–Crippen LogP) is 3.56. The quantitative estimate of drug-likeness (QED) is 0.708. The van der Waals surface area contributed by atoms with Gasteiger partial charge in [0.1, 0.15) is 5.82 Å². The molecule has 7 heteroatoms. The molecule has 0 aliphatic carbocycles. The fourth-order valence-electron chi connectivity index (χ4n) is 2.50. The van der Waals surface area contributed by atoms with Crippen molar-refractivity contribution >= 4 is 29.2 Å². The summed E-state index contributed by atoms with van der Waals surface area (Å²) in [6.07, 6.45) is 0. The first kappa shape index (κ1) is 18.7. The first-order valence-electron chi connectivity index (χ1n) is 8.37. The molecule has 138 valence electrons. The van der Waals surface area contributed by atoms with Crippen LogP contribution in [0, 0.1) is 6.92 Å². The number of hydrogen-bond acceptors (Lipinski definition) is 3. The van der Waals surface area contributed by atoms with E-state index >= 15 is 0 Å². The van der Waals surface area contributed by atoms with E-state index in [9.17, 15) is 9.59 Å². The Morgan fingerprint density at radius 3 is 2.48 bits per heavy atom. The Balaban J connectivity index is 1.66.